The van der Waals surface area contributed by atoms with Crippen LogP contribution < -0.4 is 10.6 Å². The SMILES string of the molecule is O=C(CNC(=O)c1cccc(C(F)(F)F)c1)NC1CN([C@H]2CC[C@@](O)(c3ccc(Br)cn3)CC2)C1. The molecular formula is C24H26BrF3N4O3. The van der Waals surface area contributed by atoms with E-state index in [0.717, 1.165) is 35.5 Å². The highest BCUT2D eigenvalue weighted by atomic mass is 79.9. The number of nitrogens with zero attached hydrogens (tertiary/aromatic N) is 2. The highest BCUT2D eigenvalue weighted by Gasteiger charge is 2.41. The molecule has 2 aromatic rings. The molecule has 0 atom stereocenters. The molecule has 1 aromatic carbocycles. The number of hydrogen-bond donors (Lipinski definition) is 3. The molecule has 1 saturated heterocycles. The van der Waals surface area contributed by atoms with Crippen LogP contribution in [-0.2, 0) is 16.6 Å². The average Bonchev–Trinajstić information content (AvgIpc) is 2.80. The Kier molecular flexibility index (Phi) is 7.48. The van der Waals surface area contributed by atoms with Crippen molar-refractivity contribution >= 4 is 27.7 Å². The molecule has 1 aromatic heterocycles. The van der Waals surface area contributed by atoms with Gasteiger partial charge in [-0.2, -0.15) is 13.2 Å². The predicted molar refractivity (Wildman–Crippen MR) is 125 cm³/mol. The number of amides is 2. The number of benzene rings is 1. The maximum absolute atomic E-state index is 12.8. The molecule has 7 nitrogen and oxygen atoms in total. The van der Waals surface area contributed by atoms with Crippen molar-refractivity contribution in [2.45, 2.75) is 49.5 Å². The largest absolute Gasteiger partial charge is 0.416 e. The van der Waals surface area contributed by atoms with Crippen LogP contribution in [0.3, 0.4) is 0 Å². The van der Waals surface area contributed by atoms with E-state index in [-0.39, 0.29) is 18.2 Å². The van der Waals surface area contributed by atoms with Crippen LogP contribution in [0, 0.1) is 0 Å². The first-order chi connectivity index (χ1) is 16.5. The van der Waals surface area contributed by atoms with Crippen LogP contribution in [0.5, 0.6) is 0 Å². The van der Waals surface area contributed by atoms with E-state index in [9.17, 15) is 27.9 Å². The number of halogens is 4. The lowest BCUT2D eigenvalue weighted by Crippen LogP contribution is -2.63. The Morgan fingerprint density at radius 2 is 1.89 bits per heavy atom. The van der Waals surface area contributed by atoms with Crippen molar-refractivity contribution < 1.29 is 27.9 Å². The van der Waals surface area contributed by atoms with E-state index in [4.69, 9.17) is 0 Å². The third-order valence-electron chi connectivity index (χ3n) is 6.64. The Morgan fingerprint density at radius 3 is 2.51 bits per heavy atom. The van der Waals surface area contributed by atoms with Gasteiger partial charge in [0.2, 0.25) is 5.91 Å². The van der Waals surface area contributed by atoms with Gasteiger partial charge >= 0.3 is 6.18 Å². The number of aromatic nitrogens is 1. The van der Waals surface area contributed by atoms with Gasteiger partial charge in [0.05, 0.1) is 23.8 Å². The van der Waals surface area contributed by atoms with Crippen LogP contribution >= 0.6 is 15.9 Å². The van der Waals surface area contributed by atoms with Gasteiger partial charge in [-0.1, -0.05) is 6.07 Å². The summed E-state index contributed by atoms with van der Waals surface area (Å²) < 4.78 is 39.3. The third-order valence-corrected chi connectivity index (χ3v) is 7.11. The van der Waals surface area contributed by atoms with E-state index in [1.807, 2.05) is 12.1 Å². The van der Waals surface area contributed by atoms with E-state index in [2.05, 4.69) is 36.4 Å². The third kappa shape index (κ3) is 6.20. The highest BCUT2D eigenvalue weighted by molar-refractivity contribution is 9.10. The lowest BCUT2D eigenvalue weighted by atomic mass is 9.78. The molecular weight excluding hydrogens is 529 g/mol. The molecule has 2 fully saturated rings. The van der Waals surface area contributed by atoms with Crippen molar-refractivity contribution in [1.29, 1.82) is 0 Å². The molecule has 188 valence electrons. The fraction of sp³-hybridized carbons (Fsp3) is 0.458. The molecule has 2 heterocycles. The fourth-order valence-corrected chi connectivity index (χ4v) is 4.87. The monoisotopic (exact) mass is 554 g/mol. The summed E-state index contributed by atoms with van der Waals surface area (Å²) in [5, 5.41) is 16.2. The average molecular weight is 555 g/mol. The van der Waals surface area contributed by atoms with Crippen LogP contribution in [0.1, 0.15) is 47.3 Å². The maximum atomic E-state index is 12.8. The first-order valence-electron chi connectivity index (χ1n) is 11.4. The smallest absolute Gasteiger partial charge is 0.384 e. The van der Waals surface area contributed by atoms with Crippen LogP contribution in [0.4, 0.5) is 13.2 Å². The summed E-state index contributed by atoms with van der Waals surface area (Å²) in [6, 6.07) is 8.04. The number of rotatable bonds is 6. The van der Waals surface area contributed by atoms with Crippen molar-refractivity contribution in [1.82, 2.24) is 20.5 Å². The molecule has 1 saturated carbocycles. The van der Waals surface area contributed by atoms with Gasteiger partial charge in [-0.15, -0.1) is 0 Å². The summed E-state index contributed by atoms with van der Waals surface area (Å²) >= 11 is 3.35. The van der Waals surface area contributed by atoms with Crippen molar-refractivity contribution in [3.63, 3.8) is 0 Å². The van der Waals surface area contributed by atoms with E-state index < -0.39 is 29.2 Å². The van der Waals surface area contributed by atoms with Crippen LogP contribution in [0.25, 0.3) is 0 Å². The highest BCUT2D eigenvalue weighted by Crippen LogP contribution is 2.39. The number of aliphatic hydroxyl groups is 1. The summed E-state index contributed by atoms with van der Waals surface area (Å²) in [5.41, 5.74) is -1.32. The van der Waals surface area contributed by atoms with Gasteiger partial charge in [0.25, 0.3) is 5.91 Å². The zero-order valence-corrected chi connectivity index (χ0v) is 20.4. The summed E-state index contributed by atoms with van der Waals surface area (Å²) in [6.45, 7) is 1.03. The molecule has 3 N–H and O–H groups in total. The number of alkyl halides is 3. The molecule has 1 aliphatic heterocycles. The lowest BCUT2D eigenvalue weighted by molar-refractivity contribution is -0.137. The fourth-order valence-electron chi connectivity index (χ4n) is 4.63. The van der Waals surface area contributed by atoms with Gasteiger partial charge in [-0.05, 0) is 71.9 Å². The standard InChI is InChI=1S/C24H26BrF3N4O3/c25-17-4-5-20(29-11-17)23(35)8-6-19(7-9-23)32-13-18(14-32)31-21(33)12-30-22(34)15-2-1-3-16(10-15)24(26,27)28/h1-5,10-11,18-19,35H,6-9,12-14H2,(H,30,34)(H,31,33)/t19-,23-. The number of carbonyl (C=O) groups is 2. The number of likely N-dealkylation sites (tertiary alicyclic amines) is 1. The van der Waals surface area contributed by atoms with Gasteiger partial charge in [0.1, 0.15) is 5.60 Å². The minimum atomic E-state index is -4.55. The van der Waals surface area contributed by atoms with Crippen LogP contribution in [-0.4, -0.2) is 58.5 Å². The van der Waals surface area contributed by atoms with Gasteiger partial charge in [0.15, 0.2) is 0 Å². The number of nitrogens with one attached hydrogen (secondary N) is 2. The van der Waals surface area contributed by atoms with Gasteiger partial charge in [-0.25, -0.2) is 0 Å². The Hall–Kier alpha value is -2.50. The predicted octanol–water partition coefficient (Wildman–Crippen LogP) is 3.22. The van der Waals surface area contributed by atoms with E-state index >= 15 is 0 Å². The Balaban J connectivity index is 1.18. The first kappa shape index (κ1) is 25.6. The number of carbonyl (C=O) groups excluding carboxylic acids is 2. The summed E-state index contributed by atoms with van der Waals surface area (Å²) in [4.78, 5) is 30.9. The minimum Gasteiger partial charge on any atom is -0.384 e. The molecule has 1 aliphatic carbocycles. The summed E-state index contributed by atoms with van der Waals surface area (Å²) in [6.07, 6.45) is 0.00741. The van der Waals surface area contributed by atoms with Gasteiger partial charge < -0.3 is 15.7 Å². The van der Waals surface area contributed by atoms with Gasteiger partial charge in [0, 0.05) is 35.4 Å². The minimum absolute atomic E-state index is 0.0538. The maximum Gasteiger partial charge on any atom is 0.416 e. The second kappa shape index (κ2) is 10.2. The molecule has 4 rings (SSSR count). The summed E-state index contributed by atoms with van der Waals surface area (Å²) in [7, 11) is 0. The quantitative estimate of drug-likeness (QED) is 0.509. The molecule has 0 bridgehead atoms. The topological polar surface area (TPSA) is 94.6 Å². The summed E-state index contributed by atoms with van der Waals surface area (Å²) in [5.74, 6) is -1.13. The molecule has 0 radical (unpaired) electrons. The Labute approximate surface area is 209 Å². The number of hydrogen-bond acceptors (Lipinski definition) is 5. The van der Waals surface area contributed by atoms with Crippen molar-refractivity contribution in [3.8, 4) is 0 Å². The second-order valence-electron chi connectivity index (χ2n) is 9.10. The molecule has 0 spiro atoms. The molecule has 11 heteroatoms. The normalized spacial score (nSPS) is 23.4. The van der Waals surface area contributed by atoms with E-state index in [1.54, 1.807) is 6.20 Å². The zero-order chi connectivity index (χ0) is 25.2. The second-order valence-corrected chi connectivity index (χ2v) is 10.0. The van der Waals surface area contributed by atoms with Crippen molar-refractivity contribution in [2.24, 2.45) is 0 Å². The Morgan fingerprint density at radius 1 is 1.17 bits per heavy atom. The Bertz CT molecular complexity index is 1070. The lowest BCUT2D eigenvalue weighted by Gasteiger charge is -2.48. The van der Waals surface area contributed by atoms with E-state index in [0.29, 0.717) is 37.7 Å². The molecule has 35 heavy (non-hydrogen) atoms. The number of pyridine rings is 1. The zero-order valence-electron chi connectivity index (χ0n) is 18.8. The molecule has 2 aliphatic rings. The van der Waals surface area contributed by atoms with E-state index in [1.165, 1.54) is 6.07 Å². The van der Waals surface area contributed by atoms with Gasteiger partial charge in [-0.3, -0.25) is 19.5 Å². The van der Waals surface area contributed by atoms with Crippen LogP contribution in [0.2, 0.25) is 0 Å². The molecule has 2 amide bonds. The van der Waals surface area contributed by atoms with Crippen molar-refractivity contribution in [3.05, 3.63) is 63.9 Å². The first-order valence-corrected chi connectivity index (χ1v) is 12.2. The van der Waals surface area contributed by atoms with Crippen molar-refractivity contribution in [2.75, 3.05) is 19.6 Å². The molecule has 0 unspecified atom stereocenters. The van der Waals surface area contributed by atoms with Crippen LogP contribution in [0.15, 0.2) is 47.1 Å².